The second kappa shape index (κ2) is 4.90. The molecule has 1 nitrogen and oxygen atoms in total. The van der Waals surface area contributed by atoms with E-state index in [2.05, 4.69) is 44.0 Å². The molecule has 1 aromatic rings. The molecule has 2 rings (SSSR count). The number of rotatable bonds is 5. The van der Waals surface area contributed by atoms with Gasteiger partial charge in [0.15, 0.2) is 0 Å². The smallest absolute Gasteiger partial charge is 0.0369 e. The van der Waals surface area contributed by atoms with E-state index < -0.39 is 0 Å². The Kier molecular flexibility index (Phi) is 3.52. The van der Waals surface area contributed by atoms with Crippen LogP contribution in [0.5, 0.6) is 0 Å². The van der Waals surface area contributed by atoms with Gasteiger partial charge >= 0.3 is 0 Å². The van der Waals surface area contributed by atoms with Crippen LogP contribution in [0.15, 0.2) is 18.2 Å². The van der Waals surface area contributed by atoms with Gasteiger partial charge in [-0.25, -0.2) is 0 Å². The van der Waals surface area contributed by atoms with E-state index in [0.717, 1.165) is 18.8 Å². The minimum absolute atomic E-state index is 0.959. The van der Waals surface area contributed by atoms with Crippen LogP contribution < -0.4 is 4.90 Å². The Morgan fingerprint density at radius 2 is 1.62 bits per heavy atom. The molecule has 16 heavy (non-hydrogen) atoms. The number of benzene rings is 1. The van der Waals surface area contributed by atoms with Crippen LogP contribution in [-0.4, -0.2) is 13.6 Å². The number of hydrogen-bond acceptors (Lipinski definition) is 1. The van der Waals surface area contributed by atoms with Crippen molar-refractivity contribution >= 4 is 5.69 Å². The summed E-state index contributed by atoms with van der Waals surface area (Å²) in [5, 5.41) is 0. The molecule has 0 heterocycles. The van der Waals surface area contributed by atoms with E-state index >= 15 is 0 Å². The third-order valence-corrected chi connectivity index (χ3v) is 3.52. The van der Waals surface area contributed by atoms with Crippen molar-refractivity contribution in [3.8, 4) is 0 Å². The van der Waals surface area contributed by atoms with Gasteiger partial charge in [-0.15, -0.1) is 0 Å². The maximum Gasteiger partial charge on any atom is 0.0369 e. The molecule has 0 radical (unpaired) electrons. The summed E-state index contributed by atoms with van der Waals surface area (Å²) in [7, 11) is 2.23. The summed E-state index contributed by atoms with van der Waals surface area (Å²) in [6, 6.07) is 7.04. The van der Waals surface area contributed by atoms with Gasteiger partial charge in [0.2, 0.25) is 0 Å². The van der Waals surface area contributed by atoms with Gasteiger partial charge in [-0.05, 0) is 54.9 Å². The van der Waals surface area contributed by atoms with Gasteiger partial charge in [-0.3, -0.25) is 0 Å². The zero-order valence-corrected chi connectivity index (χ0v) is 10.8. The molecule has 1 saturated carbocycles. The molecule has 0 atom stereocenters. The van der Waals surface area contributed by atoms with Crippen LogP contribution >= 0.6 is 0 Å². The van der Waals surface area contributed by atoms with E-state index in [1.807, 2.05) is 0 Å². The molecule has 0 unspecified atom stereocenters. The molecule has 1 aromatic carbocycles. The molecule has 1 heteroatoms. The first-order valence-corrected chi connectivity index (χ1v) is 6.57. The van der Waals surface area contributed by atoms with Gasteiger partial charge in [0.25, 0.3) is 0 Å². The third-order valence-electron chi connectivity index (χ3n) is 3.52. The van der Waals surface area contributed by atoms with Crippen LogP contribution in [0.25, 0.3) is 0 Å². The lowest BCUT2D eigenvalue weighted by atomic mass is 10.0. The highest BCUT2D eigenvalue weighted by Gasteiger charge is 2.23. The normalized spacial score (nSPS) is 15.2. The SMILES string of the molecule is CCc1cc(CC)cc(N(C)CC2CC2)c1. The Morgan fingerprint density at radius 1 is 1.06 bits per heavy atom. The highest BCUT2D eigenvalue weighted by molar-refractivity contribution is 5.51. The van der Waals surface area contributed by atoms with E-state index in [9.17, 15) is 0 Å². The van der Waals surface area contributed by atoms with E-state index in [4.69, 9.17) is 0 Å². The minimum Gasteiger partial charge on any atom is -0.374 e. The monoisotopic (exact) mass is 217 g/mol. The molecular formula is C15H23N. The maximum absolute atomic E-state index is 2.43. The van der Waals surface area contributed by atoms with Crippen molar-refractivity contribution in [1.29, 1.82) is 0 Å². The summed E-state index contributed by atoms with van der Waals surface area (Å²) in [5.41, 5.74) is 4.34. The fraction of sp³-hybridized carbons (Fsp3) is 0.600. The predicted octanol–water partition coefficient (Wildman–Crippen LogP) is 3.66. The number of hydrogen-bond donors (Lipinski definition) is 0. The molecule has 1 aliphatic carbocycles. The molecular weight excluding hydrogens is 194 g/mol. The average molecular weight is 217 g/mol. The van der Waals surface area contributed by atoms with E-state index in [1.165, 1.54) is 36.2 Å². The molecule has 0 bridgehead atoms. The van der Waals surface area contributed by atoms with Crippen molar-refractivity contribution in [3.63, 3.8) is 0 Å². The van der Waals surface area contributed by atoms with Gasteiger partial charge in [-0.1, -0.05) is 19.9 Å². The fourth-order valence-electron chi connectivity index (χ4n) is 2.16. The molecule has 0 aliphatic heterocycles. The van der Waals surface area contributed by atoms with Crippen molar-refractivity contribution in [1.82, 2.24) is 0 Å². The van der Waals surface area contributed by atoms with Gasteiger partial charge in [-0.2, -0.15) is 0 Å². The van der Waals surface area contributed by atoms with Gasteiger partial charge in [0, 0.05) is 19.3 Å². The van der Waals surface area contributed by atoms with Crippen LogP contribution in [0.3, 0.4) is 0 Å². The van der Waals surface area contributed by atoms with Gasteiger partial charge in [0.05, 0.1) is 0 Å². The van der Waals surface area contributed by atoms with E-state index in [-0.39, 0.29) is 0 Å². The van der Waals surface area contributed by atoms with Crippen molar-refractivity contribution in [2.24, 2.45) is 5.92 Å². The molecule has 88 valence electrons. The first kappa shape index (κ1) is 11.5. The Balaban J connectivity index is 2.16. The summed E-state index contributed by atoms with van der Waals surface area (Å²) in [4.78, 5) is 2.43. The van der Waals surface area contributed by atoms with Crippen molar-refractivity contribution in [3.05, 3.63) is 29.3 Å². The highest BCUT2D eigenvalue weighted by atomic mass is 15.1. The quantitative estimate of drug-likeness (QED) is 0.727. The van der Waals surface area contributed by atoms with Crippen LogP contribution in [0.1, 0.15) is 37.8 Å². The second-order valence-electron chi connectivity index (χ2n) is 5.04. The van der Waals surface area contributed by atoms with Gasteiger partial charge < -0.3 is 4.90 Å². The lowest BCUT2D eigenvalue weighted by molar-refractivity contribution is 0.786. The summed E-state index contributed by atoms with van der Waals surface area (Å²) < 4.78 is 0. The Bertz CT molecular complexity index is 330. The lowest BCUT2D eigenvalue weighted by Crippen LogP contribution is -2.20. The average Bonchev–Trinajstić information content (AvgIpc) is 3.12. The predicted molar refractivity (Wildman–Crippen MR) is 71.2 cm³/mol. The number of aryl methyl sites for hydroxylation is 2. The summed E-state index contributed by atoms with van der Waals surface area (Å²) in [5.74, 6) is 0.959. The molecule has 0 aromatic heterocycles. The van der Waals surface area contributed by atoms with E-state index in [0.29, 0.717) is 0 Å². The summed E-state index contributed by atoms with van der Waals surface area (Å²) in [6.45, 7) is 5.70. The Morgan fingerprint density at radius 3 is 2.06 bits per heavy atom. The zero-order chi connectivity index (χ0) is 11.5. The van der Waals surface area contributed by atoms with Crippen molar-refractivity contribution in [2.75, 3.05) is 18.5 Å². The van der Waals surface area contributed by atoms with Crippen molar-refractivity contribution < 1.29 is 0 Å². The first-order chi connectivity index (χ1) is 7.72. The standard InChI is InChI=1S/C15H23N/c1-4-12-8-13(5-2)10-15(9-12)16(3)11-14-6-7-14/h8-10,14H,4-7,11H2,1-3H3. The minimum atomic E-state index is 0.959. The van der Waals surface area contributed by atoms with Gasteiger partial charge in [0.1, 0.15) is 0 Å². The maximum atomic E-state index is 2.43. The van der Waals surface area contributed by atoms with Crippen LogP contribution in [0, 0.1) is 5.92 Å². The molecule has 0 N–H and O–H groups in total. The van der Waals surface area contributed by atoms with Crippen LogP contribution in [0.4, 0.5) is 5.69 Å². The topological polar surface area (TPSA) is 3.24 Å². The molecule has 0 spiro atoms. The summed E-state index contributed by atoms with van der Waals surface area (Å²) >= 11 is 0. The molecule has 1 fully saturated rings. The molecule has 0 saturated heterocycles. The largest absolute Gasteiger partial charge is 0.374 e. The van der Waals surface area contributed by atoms with Crippen LogP contribution in [0.2, 0.25) is 0 Å². The Labute approximate surface area is 99.5 Å². The van der Waals surface area contributed by atoms with Crippen molar-refractivity contribution in [2.45, 2.75) is 39.5 Å². The summed E-state index contributed by atoms with van der Waals surface area (Å²) in [6.07, 6.45) is 5.13. The number of nitrogens with zero attached hydrogens (tertiary/aromatic N) is 1. The fourth-order valence-corrected chi connectivity index (χ4v) is 2.16. The lowest BCUT2D eigenvalue weighted by Gasteiger charge is -2.21. The molecule has 0 amide bonds. The highest BCUT2D eigenvalue weighted by Crippen LogP contribution is 2.31. The zero-order valence-electron chi connectivity index (χ0n) is 10.8. The van der Waals surface area contributed by atoms with E-state index in [1.54, 1.807) is 0 Å². The Hall–Kier alpha value is -0.980. The second-order valence-corrected chi connectivity index (χ2v) is 5.04. The first-order valence-electron chi connectivity index (χ1n) is 6.57. The molecule has 1 aliphatic rings. The van der Waals surface area contributed by atoms with Crippen LogP contribution in [-0.2, 0) is 12.8 Å². The number of anilines is 1. The third kappa shape index (κ3) is 2.78.